The van der Waals surface area contributed by atoms with Crippen LogP contribution in [0.3, 0.4) is 0 Å². The topological polar surface area (TPSA) is 23.6 Å². The van der Waals surface area contributed by atoms with Crippen LogP contribution in [-0.4, -0.2) is 32.0 Å². The molecule has 3 heteroatoms. The Bertz CT molecular complexity index is 666. The third-order valence-corrected chi connectivity index (χ3v) is 4.74. The Morgan fingerprint density at radius 3 is 1.38 bits per heavy atom. The van der Waals surface area contributed by atoms with Crippen molar-refractivity contribution in [3.8, 4) is 0 Å². The minimum atomic E-state index is 0.0835. The largest absolute Gasteiger partial charge is 0.372 e. The van der Waals surface area contributed by atoms with E-state index in [0.29, 0.717) is 0 Å². The first-order chi connectivity index (χ1) is 12.6. The van der Waals surface area contributed by atoms with Gasteiger partial charge in [0.2, 0.25) is 0 Å². The second-order valence-corrected chi connectivity index (χ2v) is 6.58. The molecule has 0 aliphatic rings. The summed E-state index contributed by atoms with van der Waals surface area (Å²) < 4.78 is 0. The van der Waals surface area contributed by atoms with Crippen LogP contribution in [-0.2, 0) is 0 Å². The minimum absolute atomic E-state index is 0.0835. The van der Waals surface area contributed by atoms with Crippen molar-refractivity contribution in [1.29, 1.82) is 0 Å². The number of rotatable bonds is 10. The molecule has 0 bridgehead atoms. The average Bonchev–Trinajstić information content (AvgIpc) is 2.69. The van der Waals surface area contributed by atoms with Crippen LogP contribution in [0.15, 0.2) is 48.5 Å². The van der Waals surface area contributed by atoms with Crippen molar-refractivity contribution in [2.24, 2.45) is 0 Å². The van der Waals surface area contributed by atoms with Gasteiger partial charge in [0.25, 0.3) is 0 Å². The lowest BCUT2D eigenvalue weighted by Gasteiger charge is -2.24. The van der Waals surface area contributed by atoms with Gasteiger partial charge in [-0.25, -0.2) is 0 Å². The quantitative estimate of drug-likeness (QED) is 0.536. The van der Waals surface area contributed by atoms with Gasteiger partial charge < -0.3 is 9.80 Å². The summed E-state index contributed by atoms with van der Waals surface area (Å²) in [6, 6.07) is 16.0. The summed E-state index contributed by atoms with van der Waals surface area (Å²) in [5, 5.41) is 0. The summed E-state index contributed by atoms with van der Waals surface area (Å²) in [5.74, 6) is 0.0835. The Hall–Kier alpha value is -2.29. The van der Waals surface area contributed by atoms with Crippen molar-refractivity contribution in [2.45, 2.75) is 40.5 Å². The third kappa shape index (κ3) is 4.87. The van der Waals surface area contributed by atoms with E-state index in [1.54, 1.807) is 0 Å². The van der Waals surface area contributed by atoms with Gasteiger partial charge in [-0.1, -0.05) is 13.8 Å². The Morgan fingerprint density at radius 2 is 1.04 bits per heavy atom. The normalized spacial score (nSPS) is 10.6. The van der Waals surface area contributed by atoms with Crippen molar-refractivity contribution in [3.05, 3.63) is 59.7 Å². The molecular formula is C23H32N2O. The van der Waals surface area contributed by atoms with Gasteiger partial charge in [0.15, 0.2) is 5.78 Å². The fourth-order valence-corrected chi connectivity index (χ4v) is 3.31. The van der Waals surface area contributed by atoms with E-state index in [2.05, 4.69) is 49.6 Å². The van der Waals surface area contributed by atoms with Crippen molar-refractivity contribution in [2.75, 3.05) is 36.0 Å². The zero-order valence-electron chi connectivity index (χ0n) is 16.7. The van der Waals surface area contributed by atoms with E-state index in [-0.39, 0.29) is 5.78 Å². The average molecular weight is 353 g/mol. The van der Waals surface area contributed by atoms with Crippen molar-refractivity contribution in [3.63, 3.8) is 0 Å². The molecule has 0 atom stereocenters. The Kier molecular flexibility index (Phi) is 7.71. The molecule has 140 valence electrons. The Morgan fingerprint density at radius 1 is 0.654 bits per heavy atom. The number of hydrogen-bond donors (Lipinski definition) is 0. The summed E-state index contributed by atoms with van der Waals surface area (Å²) in [7, 11) is 0. The zero-order chi connectivity index (χ0) is 18.9. The molecule has 0 saturated carbocycles. The van der Waals surface area contributed by atoms with E-state index in [1.807, 2.05) is 36.4 Å². The van der Waals surface area contributed by atoms with Gasteiger partial charge in [-0.15, -0.1) is 0 Å². The molecule has 0 unspecified atom stereocenters. The van der Waals surface area contributed by atoms with Crippen LogP contribution >= 0.6 is 0 Å². The standard InChI is InChI=1S/C23H32N2O/c1-5-17-25(18-6-2)22-15-11-20(12-16-22)23(26)19-9-13-21(14-10-19)24(7-3)8-4/h9-16H,5-8,17-18H2,1-4H3. The fraction of sp³-hybridized carbons (Fsp3) is 0.435. The molecule has 3 nitrogen and oxygen atoms in total. The Balaban J connectivity index is 2.14. The molecule has 0 amide bonds. The van der Waals surface area contributed by atoms with Crippen LogP contribution in [0.25, 0.3) is 0 Å². The summed E-state index contributed by atoms with van der Waals surface area (Å²) in [5.41, 5.74) is 3.85. The lowest BCUT2D eigenvalue weighted by Crippen LogP contribution is -2.24. The summed E-state index contributed by atoms with van der Waals surface area (Å²) >= 11 is 0. The molecule has 26 heavy (non-hydrogen) atoms. The zero-order valence-corrected chi connectivity index (χ0v) is 16.7. The van der Waals surface area contributed by atoms with Gasteiger partial charge in [0, 0.05) is 48.7 Å². The van der Waals surface area contributed by atoms with Crippen molar-refractivity contribution < 1.29 is 4.79 Å². The van der Waals surface area contributed by atoms with Crippen LogP contribution in [0.5, 0.6) is 0 Å². The summed E-state index contributed by atoms with van der Waals surface area (Å²) in [4.78, 5) is 17.4. The maximum atomic E-state index is 12.8. The highest BCUT2D eigenvalue weighted by molar-refractivity contribution is 6.09. The predicted molar refractivity (Wildman–Crippen MR) is 113 cm³/mol. The number of anilines is 2. The van der Waals surface area contributed by atoms with Gasteiger partial charge >= 0.3 is 0 Å². The smallest absolute Gasteiger partial charge is 0.193 e. The van der Waals surface area contributed by atoms with Crippen LogP contribution in [0.1, 0.15) is 56.5 Å². The van der Waals surface area contributed by atoms with E-state index in [4.69, 9.17) is 0 Å². The second-order valence-electron chi connectivity index (χ2n) is 6.58. The highest BCUT2D eigenvalue weighted by Crippen LogP contribution is 2.20. The summed E-state index contributed by atoms with van der Waals surface area (Å²) in [6.07, 6.45) is 2.25. The molecule has 0 heterocycles. The maximum Gasteiger partial charge on any atom is 0.193 e. The van der Waals surface area contributed by atoms with E-state index in [1.165, 1.54) is 5.69 Å². The lowest BCUT2D eigenvalue weighted by molar-refractivity contribution is 0.103. The molecule has 0 spiro atoms. The van der Waals surface area contributed by atoms with Crippen molar-refractivity contribution >= 4 is 17.2 Å². The molecule has 0 aliphatic heterocycles. The van der Waals surface area contributed by atoms with Gasteiger partial charge in [0.1, 0.15) is 0 Å². The molecule has 2 aromatic rings. The molecule has 0 saturated heterocycles. The summed E-state index contributed by atoms with van der Waals surface area (Å²) in [6.45, 7) is 12.7. The van der Waals surface area contributed by atoms with Crippen LogP contribution in [0.2, 0.25) is 0 Å². The second kappa shape index (κ2) is 10.0. The molecule has 0 N–H and O–H groups in total. The highest BCUT2D eigenvalue weighted by Gasteiger charge is 2.11. The van der Waals surface area contributed by atoms with E-state index in [0.717, 1.165) is 55.8 Å². The van der Waals surface area contributed by atoms with Crippen LogP contribution in [0.4, 0.5) is 11.4 Å². The minimum Gasteiger partial charge on any atom is -0.372 e. The Labute approximate surface area is 158 Å². The van der Waals surface area contributed by atoms with Gasteiger partial charge in [0.05, 0.1) is 0 Å². The van der Waals surface area contributed by atoms with Crippen LogP contribution < -0.4 is 9.80 Å². The number of nitrogens with zero attached hydrogens (tertiary/aromatic N) is 2. The first kappa shape index (κ1) is 20.0. The number of hydrogen-bond acceptors (Lipinski definition) is 3. The van der Waals surface area contributed by atoms with Gasteiger partial charge in [-0.3, -0.25) is 4.79 Å². The van der Waals surface area contributed by atoms with E-state index < -0.39 is 0 Å². The first-order valence-corrected chi connectivity index (χ1v) is 9.89. The number of carbonyl (C=O) groups excluding carboxylic acids is 1. The SMILES string of the molecule is CCCN(CCC)c1ccc(C(=O)c2ccc(N(CC)CC)cc2)cc1. The number of ketones is 1. The molecule has 0 aliphatic carbocycles. The van der Waals surface area contributed by atoms with Crippen LogP contribution in [0, 0.1) is 0 Å². The maximum absolute atomic E-state index is 12.8. The first-order valence-electron chi connectivity index (χ1n) is 9.89. The van der Waals surface area contributed by atoms with E-state index >= 15 is 0 Å². The number of benzene rings is 2. The molecule has 0 aromatic heterocycles. The molecular weight excluding hydrogens is 320 g/mol. The molecule has 0 radical (unpaired) electrons. The molecule has 2 aromatic carbocycles. The monoisotopic (exact) mass is 352 g/mol. The highest BCUT2D eigenvalue weighted by atomic mass is 16.1. The van der Waals surface area contributed by atoms with Crippen molar-refractivity contribution in [1.82, 2.24) is 0 Å². The third-order valence-electron chi connectivity index (χ3n) is 4.74. The number of carbonyl (C=O) groups is 1. The molecule has 2 rings (SSSR count). The van der Waals surface area contributed by atoms with E-state index in [9.17, 15) is 4.79 Å². The molecule has 0 fully saturated rings. The van der Waals surface area contributed by atoms with Gasteiger partial charge in [-0.05, 0) is 75.2 Å². The fourth-order valence-electron chi connectivity index (χ4n) is 3.31. The lowest BCUT2D eigenvalue weighted by atomic mass is 10.0. The predicted octanol–water partition coefficient (Wildman–Crippen LogP) is 5.39. The van der Waals surface area contributed by atoms with Gasteiger partial charge in [-0.2, -0.15) is 0 Å².